The lowest BCUT2D eigenvalue weighted by Crippen LogP contribution is -2.78. The van der Waals surface area contributed by atoms with Gasteiger partial charge in [-0.05, 0) is 68.7 Å². The summed E-state index contributed by atoms with van der Waals surface area (Å²) in [6, 6.07) is 15.0. The highest BCUT2D eigenvalue weighted by Gasteiger charge is 2.79. The SMILES string of the molecule is CC(=O)[C@H]1C[C@@]23C=C[C@@]1(CO)[C@@H]1Oc4c(OCc5ccccc5)ccc5c4[C@@]12CCN(CC1CC1)[C@@H]3C5. The Morgan fingerprint density at radius 3 is 2.76 bits per heavy atom. The molecule has 6 atom stereocenters. The number of nitrogens with zero attached hydrogens (tertiary/aromatic N) is 1. The van der Waals surface area contributed by atoms with Gasteiger partial charge in [0.1, 0.15) is 18.5 Å². The summed E-state index contributed by atoms with van der Waals surface area (Å²) in [5.74, 6) is 2.41. The summed E-state index contributed by atoms with van der Waals surface area (Å²) in [6.45, 7) is 4.34. The molecule has 2 spiro atoms. The van der Waals surface area contributed by atoms with Crippen LogP contribution in [0.2, 0.25) is 0 Å². The number of carbonyl (C=O) groups excluding carboxylic acids is 1. The molecule has 0 unspecified atom stereocenters. The molecule has 37 heavy (non-hydrogen) atoms. The Morgan fingerprint density at radius 1 is 1.16 bits per heavy atom. The number of aliphatic hydroxyl groups is 1. The summed E-state index contributed by atoms with van der Waals surface area (Å²) in [4.78, 5) is 15.9. The highest BCUT2D eigenvalue weighted by atomic mass is 16.5. The highest BCUT2D eigenvalue weighted by molar-refractivity contribution is 5.82. The third kappa shape index (κ3) is 2.70. The molecule has 2 aromatic carbocycles. The molecule has 7 aliphatic rings. The Hall–Kier alpha value is -2.63. The number of hydrogen-bond donors (Lipinski definition) is 1. The van der Waals surface area contributed by atoms with Crippen LogP contribution in [0, 0.1) is 22.7 Å². The minimum absolute atomic E-state index is 0.0732. The van der Waals surface area contributed by atoms with E-state index in [-0.39, 0.29) is 35.2 Å². The zero-order valence-corrected chi connectivity index (χ0v) is 21.5. The first-order chi connectivity index (χ1) is 18.0. The van der Waals surface area contributed by atoms with Gasteiger partial charge in [-0.1, -0.05) is 48.6 Å². The monoisotopic (exact) mass is 497 g/mol. The summed E-state index contributed by atoms with van der Waals surface area (Å²) in [7, 11) is 0. The average molecular weight is 498 g/mol. The Kier molecular flexibility index (Phi) is 4.52. The van der Waals surface area contributed by atoms with E-state index in [4.69, 9.17) is 9.47 Å². The summed E-state index contributed by atoms with van der Waals surface area (Å²) in [5, 5.41) is 11.0. The molecule has 5 heteroatoms. The number of ether oxygens (including phenoxy) is 2. The Balaban J connectivity index is 1.30. The van der Waals surface area contributed by atoms with Gasteiger partial charge in [0, 0.05) is 34.9 Å². The van der Waals surface area contributed by atoms with Gasteiger partial charge in [-0.2, -0.15) is 0 Å². The van der Waals surface area contributed by atoms with E-state index in [0.29, 0.717) is 12.6 Å². The van der Waals surface area contributed by atoms with Crippen molar-refractivity contribution in [1.82, 2.24) is 4.90 Å². The second kappa shape index (κ2) is 7.48. The molecular formula is C32H35NO4. The number of Topliss-reactive ketones (excluding diaryl/α,β-unsaturated/α-hetero) is 1. The number of rotatable bonds is 7. The normalized spacial score (nSPS) is 38.3. The van der Waals surface area contributed by atoms with Crippen LogP contribution in [-0.4, -0.2) is 47.6 Å². The van der Waals surface area contributed by atoms with E-state index in [9.17, 15) is 9.90 Å². The number of hydrogen-bond acceptors (Lipinski definition) is 5. The quantitative estimate of drug-likeness (QED) is 0.573. The van der Waals surface area contributed by atoms with Crippen LogP contribution in [0.3, 0.4) is 0 Å². The standard InChI is InChI=1S/C32H35NO4/c1-20(35)24-16-31-12-11-30(24,19-34)29-32(31)13-14-33(17-21-7-8-21)26(31)15-23-9-10-25(28(37-29)27(23)32)36-18-22-5-3-2-4-6-22/h2-6,9-12,21,24,26,29,34H,7-8,13-19H2,1H3/t24-,26-,29+,30+,31-,32+/m1/s1. The van der Waals surface area contributed by atoms with Crippen molar-refractivity contribution in [2.45, 2.75) is 63.2 Å². The first-order valence-corrected chi connectivity index (χ1v) is 14.1. The van der Waals surface area contributed by atoms with Crippen LogP contribution in [0.5, 0.6) is 11.5 Å². The second-order valence-electron chi connectivity index (χ2n) is 12.6. The van der Waals surface area contributed by atoms with Crippen LogP contribution < -0.4 is 9.47 Å². The van der Waals surface area contributed by atoms with Gasteiger partial charge in [0.15, 0.2) is 11.5 Å². The van der Waals surface area contributed by atoms with Crippen LogP contribution in [0.4, 0.5) is 0 Å². The molecule has 9 rings (SSSR count). The van der Waals surface area contributed by atoms with Crippen LogP contribution >= 0.6 is 0 Å². The number of piperidine rings is 1. The fourth-order valence-electron chi connectivity index (χ4n) is 9.21. The molecule has 2 aromatic rings. The molecule has 5 nitrogen and oxygen atoms in total. The lowest BCUT2D eigenvalue weighted by Gasteiger charge is -2.71. The van der Waals surface area contributed by atoms with Crippen LogP contribution in [-0.2, 0) is 23.2 Å². The van der Waals surface area contributed by atoms with Gasteiger partial charge in [-0.3, -0.25) is 9.69 Å². The van der Waals surface area contributed by atoms with Crippen molar-refractivity contribution >= 4 is 5.78 Å². The molecule has 1 N–H and O–H groups in total. The summed E-state index contributed by atoms with van der Waals surface area (Å²) >= 11 is 0. The maximum Gasteiger partial charge on any atom is 0.165 e. The minimum Gasteiger partial charge on any atom is -0.485 e. The number of fused-ring (bicyclic) bond motifs is 1. The van der Waals surface area contributed by atoms with E-state index >= 15 is 0 Å². The molecule has 1 saturated heterocycles. The molecule has 0 radical (unpaired) electrons. The van der Waals surface area contributed by atoms with Crippen molar-refractivity contribution in [1.29, 1.82) is 0 Å². The number of ketones is 1. The number of likely N-dealkylation sites (tertiary alicyclic amines) is 1. The van der Waals surface area contributed by atoms with Crippen LogP contribution in [0.15, 0.2) is 54.6 Å². The molecule has 4 bridgehead atoms. The number of benzene rings is 2. The predicted octanol–water partition coefficient (Wildman–Crippen LogP) is 4.45. The topological polar surface area (TPSA) is 59.0 Å². The zero-order chi connectivity index (χ0) is 25.0. The van der Waals surface area contributed by atoms with E-state index in [1.165, 1.54) is 24.0 Å². The minimum atomic E-state index is -0.693. The molecule has 5 aliphatic carbocycles. The molecule has 2 saturated carbocycles. The summed E-state index contributed by atoms with van der Waals surface area (Å²) in [5.41, 5.74) is 2.73. The smallest absolute Gasteiger partial charge is 0.165 e. The molecular weight excluding hydrogens is 462 g/mol. The van der Waals surface area contributed by atoms with Crippen molar-refractivity contribution in [3.63, 3.8) is 0 Å². The van der Waals surface area contributed by atoms with Gasteiger partial charge < -0.3 is 14.6 Å². The van der Waals surface area contributed by atoms with E-state index in [1.807, 2.05) is 18.2 Å². The van der Waals surface area contributed by atoms with Crippen LogP contribution in [0.1, 0.15) is 49.3 Å². The third-order valence-electron chi connectivity index (χ3n) is 11.0. The molecule has 0 aromatic heterocycles. The third-order valence-corrected chi connectivity index (χ3v) is 11.0. The Bertz CT molecular complexity index is 1320. The van der Waals surface area contributed by atoms with Gasteiger partial charge in [-0.15, -0.1) is 0 Å². The van der Waals surface area contributed by atoms with E-state index in [0.717, 1.165) is 55.3 Å². The van der Waals surface area contributed by atoms with Crippen molar-refractivity contribution in [2.75, 3.05) is 19.7 Å². The predicted molar refractivity (Wildman–Crippen MR) is 140 cm³/mol. The number of aliphatic hydroxyl groups excluding tert-OH is 1. The van der Waals surface area contributed by atoms with E-state index < -0.39 is 5.41 Å². The van der Waals surface area contributed by atoms with Crippen molar-refractivity contribution < 1.29 is 19.4 Å². The zero-order valence-electron chi connectivity index (χ0n) is 21.5. The highest BCUT2D eigenvalue weighted by Crippen LogP contribution is 2.76. The molecule has 3 fully saturated rings. The lowest BCUT2D eigenvalue weighted by atomic mass is 9.35. The maximum atomic E-state index is 13.2. The van der Waals surface area contributed by atoms with Gasteiger partial charge in [-0.25, -0.2) is 0 Å². The number of carbonyl (C=O) groups is 1. The van der Waals surface area contributed by atoms with E-state index in [1.54, 1.807) is 6.92 Å². The average Bonchev–Trinajstić information content (AvgIpc) is 3.66. The Labute approximate surface area is 218 Å². The maximum absolute atomic E-state index is 13.2. The lowest BCUT2D eigenvalue weighted by molar-refractivity contribution is -0.187. The van der Waals surface area contributed by atoms with E-state index in [2.05, 4.69) is 41.3 Å². The molecule has 2 aliphatic heterocycles. The van der Waals surface area contributed by atoms with Crippen molar-refractivity contribution in [3.8, 4) is 11.5 Å². The first kappa shape index (κ1) is 22.4. The second-order valence-corrected chi connectivity index (χ2v) is 12.6. The largest absolute Gasteiger partial charge is 0.485 e. The molecule has 192 valence electrons. The molecule has 2 heterocycles. The first-order valence-electron chi connectivity index (χ1n) is 14.1. The summed E-state index contributed by atoms with van der Waals surface area (Å²) < 4.78 is 13.4. The Morgan fingerprint density at radius 2 is 2.00 bits per heavy atom. The van der Waals surface area contributed by atoms with Crippen molar-refractivity contribution in [3.05, 3.63) is 71.3 Å². The molecule has 0 amide bonds. The van der Waals surface area contributed by atoms with Gasteiger partial charge in [0.25, 0.3) is 0 Å². The summed E-state index contributed by atoms with van der Waals surface area (Å²) in [6.07, 6.45) is 9.85. The van der Waals surface area contributed by atoms with Gasteiger partial charge in [0.2, 0.25) is 0 Å². The fraction of sp³-hybridized carbons (Fsp3) is 0.531. The fourth-order valence-corrected chi connectivity index (χ4v) is 9.21. The van der Waals surface area contributed by atoms with Gasteiger partial charge in [0.05, 0.1) is 12.0 Å². The van der Waals surface area contributed by atoms with Gasteiger partial charge >= 0.3 is 0 Å². The van der Waals surface area contributed by atoms with Crippen molar-refractivity contribution in [2.24, 2.45) is 22.7 Å². The van der Waals surface area contributed by atoms with Crippen LogP contribution in [0.25, 0.3) is 0 Å².